The van der Waals surface area contributed by atoms with Gasteiger partial charge >= 0.3 is 6.18 Å². The van der Waals surface area contributed by atoms with Gasteiger partial charge < -0.3 is 0 Å². The molecule has 1 nitrogen and oxygen atoms in total. The maximum Gasteiger partial charge on any atom is 0.417 e. The highest BCUT2D eigenvalue weighted by molar-refractivity contribution is 5.84. The molecule has 0 saturated carbocycles. The fourth-order valence-electron chi connectivity index (χ4n) is 2.46. The third kappa shape index (κ3) is 2.51. The van der Waals surface area contributed by atoms with Crippen molar-refractivity contribution in [1.82, 2.24) is 4.98 Å². The van der Waals surface area contributed by atoms with Crippen LogP contribution in [0.15, 0.2) is 24.4 Å². The summed E-state index contributed by atoms with van der Waals surface area (Å²) in [5.41, 5.74) is 1.56. The van der Waals surface area contributed by atoms with Crippen molar-refractivity contribution in [2.75, 3.05) is 0 Å². The van der Waals surface area contributed by atoms with E-state index in [1.165, 1.54) is 6.20 Å². The molecule has 0 N–H and O–H groups in total. The van der Waals surface area contributed by atoms with Gasteiger partial charge in [0.15, 0.2) is 0 Å². The molecule has 0 unspecified atom stereocenters. The van der Waals surface area contributed by atoms with Gasteiger partial charge in [-0.2, -0.15) is 13.2 Å². The molecular weight excluding hydrogens is 263 g/mol. The van der Waals surface area contributed by atoms with Gasteiger partial charge in [-0.1, -0.05) is 20.8 Å². The number of pyridine rings is 1. The van der Waals surface area contributed by atoms with E-state index < -0.39 is 11.7 Å². The first-order valence-electron chi connectivity index (χ1n) is 6.64. The van der Waals surface area contributed by atoms with E-state index in [2.05, 4.69) is 4.98 Å². The second kappa shape index (κ2) is 4.76. The number of halogens is 3. The minimum absolute atomic E-state index is 0.156. The van der Waals surface area contributed by atoms with Crippen molar-refractivity contribution in [2.24, 2.45) is 0 Å². The Morgan fingerprint density at radius 3 is 2.30 bits per heavy atom. The Morgan fingerprint density at radius 2 is 1.75 bits per heavy atom. The molecule has 0 aliphatic heterocycles. The van der Waals surface area contributed by atoms with Crippen LogP contribution in [0.1, 0.15) is 43.9 Å². The maximum absolute atomic E-state index is 13.1. The van der Waals surface area contributed by atoms with Gasteiger partial charge in [-0.25, -0.2) is 0 Å². The maximum atomic E-state index is 13.1. The zero-order chi connectivity index (χ0) is 15.1. The smallest absolute Gasteiger partial charge is 0.256 e. The Bertz CT molecular complexity index is 642. The number of benzene rings is 1. The number of hydrogen-bond acceptors (Lipinski definition) is 1. The Balaban J connectivity index is 2.80. The normalized spacial score (nSPS) is 12.9. The van der Waals surface area contributed by atoms with Crippen LogP contribution in [0.4, 0.5) is 13.2 Å². The fraction of sp³-hybridized carbons (Fsp3) is 0.438. The summed E-state index contributed by atoms with van der Waals surface area (Å²) in [6.07, 6.45) is -2.28. The first-order chi connectivity index (χ1) is 9.16. The summed E-state index contributed by atoms with van der Waals surface area (Å²) in [5.74, 6) is 0. The van der Waals surface area contributed by atoms with E-state index >= 15 is 0 Å². The number of nitrogens with zero attached hydrogens (tertiary/aromatic N) is 1. The van der Waals surface area contributed by atoms with E-state index in [4.69, 9.17) is 0 Å². The van der Waals surface area contributed by atoms with Crippen molar-refractivity contribution in [3.63, 3.8) is 0 Å². The van der Waals surface area contributed by atoms with Crippen LogP contribution in [0.5, 0.6) is 0 Å². The zero-order valence-corrected chi connectivity index (χ0v) is 12.1. The summed E-state index contributed by atoms with van der Waals surface area (Å²) in [4.78, 5) is 4.07. The molecule has 4 heteroatoms. The second-order valence-electron chi connectivity index (χ2n) is 5.78. The van der Waals surface area contributed by atoms with Crippen molar-refractivity contribution >= 4 is 10.9 Å². The topological polar surface area (TPSA) is 12.9 Å². The molecule has 1 heterocycles. The Hall–Kier alpha value is -1.58. The third-order valence-electron chi connectivity index (χ3n) is 4.01. The Labute approximate surface area is 116 Å². The zero-order valence-electron chi connectivity index (χ0n) is 12.1. The second-order valence-corrected chi connectivity index (χ2v) is 5.78. The number of aromatic nitrogens is 1. The summed E-state index contributed by atoms with van der Waals surface area (Å²) >= 11 is 0. The molecule has 2 rings (SSSR count). The molecule has 0 atom stereocenters. The minimum Gasteiger partial charge on any atom is -0.256 e. The lowest BCUT2D eigenvalue weighted by Gasteiger charge is -2.26. The molecule has 0 radical (unpaired) electrons. The first kappa shape index (κ1) is 14.8. The predicted molar refractivity (Wildman–Crippen MR) is 74.8 cm³/mol. The van der Waals surface area contributed by atoms with Gasteiger partial charge in [0.2, 0.25) is 0 Å². The lowest BCUT2D eigenvalue weighted by Crippen LogP contribution is -2.17. The molecule has 0 bridgehead atoms. The van der Waals surface area contributed by atoms with Gasteiger partial charge in [0.05, 0.1) is 11.1 Å². The largest absolute Gasteiger partial charge is 0.417 e. The summed E-state index contributed by atoms with van der Waals surface area (Å²) in [5, 5.41) is 0.183. The molecule has 0 fully saturated rings. The van der Waals surface area contributed by atoms with Crippen LogP contribution in [-0.4, -0.2) is 4.98 Å². The molecule has 1 aromatic heterocycles. The highest BCUT2D eigenvalue weighted by Gasteiger charge is 2.33. The van der Waals surface area contributed by atoms with E-state index in [9.17, 15) is 13.2 Å². The van der Waals surface area contributed by atoms with E-state index in [1.54, 1.807) is 12.1 Å². The number of hydrogen-bond donors (Lipinski definition) is 0. The molecule has 0 amide bonds. The molecular formula is C16H18F3N. The standard InChI is InChI=1S/C16H18F3N/c1-5-15(3,4)13-9-11-12(16(17,18)19)6-7-20-14(11)8-10(13)2/h6-9H,5H2,1-4H3. The summed E-state index contributed by atoms with van der Waals surface area (Å²) < 4.78 is 39.3. The molecule has 0 saturated heterocycles. The molecule has 20 heavy (non-hydrogen) atoms. The van der Waals surface area contributed by atoms with Crippen molar-refractivity contribution in [3.05, 3.63) is 41.1 Å². The number of fused-ring (bicyclic) bond motifs is 1. The van der Waals surface area contributed by atoms with E-state index in [-0.39, 0.29) is 10.8 Å². The van der Waals surface area contributed by atoms with Gasteiger partial charge in [0, 0.05) is 11.6 Å². The quantitative estimate of drug-likeness (QED) is 0.732. The van der Waals surface area contributed by atoms with Gasteiger partial charge in [-0.3, -0.25) is 4.98 Å². The molecule has 1 aromatic carbocycles. The first-order valence-corrected chi connectivity index (χ1v) is 6.64. The van der Waals surface area contributed by atoms with E-state index in [0.29, 0.717) is 5.52 Å². The van der Waals surface area contributed by atoms with Crippen LogP contribution in [0, 0.1) is 6.92 Å². The van der Waals surface area contributed by atoms with Crippen LogP contribution in [0.25, 0.3) is 10.9 Å². The third-order valence-corrected chi connectivity index (χ3v) is 4.01. The van der Waals surface area contributed by atoms with Crippen LogP contribution < -0.4 is 0 Å². The highest BCUT2D eigenvalue weighted by atomic mass is 19.4. The lowest BCUT2D eigenvalue weighted by molar-refractivity contribution is -0.136. The van der Waals surface area contributed by atoms with Crippen LogP contribution >= 0.6 is 0 Å². The van der Waals surface area contributed by atoms with Crippen molar-refractivity contribution < 1.29 is 13.2 Å². The number of aryl methyl sites for hydroxylation is 1. The van der Waals surface area contributed by atoms with Gasteiger partial charge in [0.1, 0.15) is 0 Å². The average Bonchev–Trinajstić information content (AvgIpc) is 2.35. The van der Waals surface area contributed by atoms with Crippen LogP contribution in [0.2, 0.25) is 0 Å². The van der Waals surface area contributed by atoms with Crippen molar-refractivity contribution in [1.29, 1.82) is 0 Å². The van der Waals surface area contributed by atoms with E-state index in [1.807, 2.05) is 27.7 Å². The van der Waals surface area contributed by atoms with Crippen molar-refractivity contribution in [2.45, 2.75) is 45.7 Å². The summed E-state index contributed by atoms with van der Waals surface area (Å²) in [6.45, 7) is 8.06. The Kier molecular flexibility index (Phi) is 3.53. The van der Waals surface area contributed by atoms with Crippen molar-refractivity contribution in [3.8, 4) is 0 Å². The molecule has 2 aromatic rings. The SMILES string of the molecule is CCC(C)(C)c1cc2c(C(F)(F)F)ccnc2cc1C. The van der Waals surface area contributed by atoms with Gasteiger partial charge in [-0.05, 0) is 48.1 Å². The fourth-order valence-corrected chi connectivity index (χ4v) is 2.46. The number of rotatable bonds is 2. The molecule has 0 aliphatic rings. The molecule has 0 spiro atoms. The molecule has 108 valence electrons. The van der Waals surface area contributed by atoms with Gasteiger partial charge in [-0.15, -0.1) is 0 Å². The number of alkyl halides is 3. The highest BCUT2D eigenvalue weighted by Crippen LogP contribution is 2.37. The Morgan fingerprint density at radius 1 is 1.10 bits per heavy atom. The monoisotopic (exact) mass is 281 g/mol. The summed E-state index contributed by atoms with van der Waals surface area (Å²) in [7, 11) is 0. The van der Waals surface area contributed by atoms with Crippen LogP contribution in [0.3, 0.4) is 0 Å². The van der Waals surface area contributed by atoms with Gasteiger partial charge in [0.25, 0.3) is 0 Å². The summed E-state index contributed by atoms with van der Waals surface area (Å²) in [6, 6.07) is 4.45. The predicted octanol–water partition coefficient (Wildman–Crippen LogP) is 5.25. The van der Waals surface area contributed by atoms with Crippen LogP contribution in [-0.2, 0) is 11.6 Å². The molecule has 0 aliphatic carbocycles. The minimum atomic E-state index is -4.36. The van der Waals surface area contributed by atoms with E-state index in [0.717, 1.165) is 23.6 Å². The lowest BCUT2D eigenvalue weighted by atomic mass is 9.79. The average molecular weight is 281 g/mol.